The number of carbonyl (C=O) groups is 1. The number of hydrogen-bond donors (Lipinski definition) is 1. The summed E-state index contributed by atoms with van der Waals surface area (Å²) >= 11 is 0. The summed E-state index contributed by atoms with van der Waals surface area (Å²) in [5.74, 6) is -1.04. The number of fused-ring (bicyclic) bond motifs is 3. The van der Waals surface area contributed by atoms with Gasteiger partial charge in [-0.1, -0.05) is 0 Å². The summed E-state index contributed by atoms with van der Waals surface area (Å²) in [7, 11) is 2.09. The molecule has 1 unspecified atom stereocenters. The fraction of sp³-hybridized carbons (Fsp3) is 0.500. The highest BCUT2D eigenvalue weighted by Gasteiger charge is 2.38. The highest BCUT2D eigenvalue weighted by molar-refractivity contribution is 6.03. The third-order valence-corrected chi connectivity index (χ3v) is 4.89. The van der Waals surface area contributed by atoms with Crippen LogP contribution in [-0.4, -0.2) is 59.3 Å². The van der Waals surface area contributed by atoms with Crippen LogP contribution < -0.4 is 0 Å². The molecule has 2 fully saturated rings. The van der Waals surface area contributed by atoms with Crippen molar-refractivity contribution < 1.29 is 18.7 Å². The van der Waals surface area contributed by atoms with E-state index in [0.717, 1.165) is 12.8 Å². The first-order chi connectivity index (χ1) is 11.1. The van der Waals surface area contributed by atoms with Gasteiger partial charge in [0, 0.05) is 42.7 Å². The molecule has 7 heteroatoms. The van der Waals surface area contributed by atoms with E-state index in [-0.39, 0.29) is 23.7 Å². The first-order valence-corrected chi connectivity index (χ1v) is 7.75. The predicted molar refractivity (Wildman–Crippen MR) is 80.6 cm³/mol. The molecule has 0 saturated carbocycles. The van der Waals surface area contributed by atoms with Gasteiger partial charge < -0.3 is 14.5 Å². The van der Waals surface area contributed by atoms with Gasteiger partial charge in [0.2, 0.25) is 5.95 Å². The van der Waals surface area contributed by atoms with Gasteiger partial charge in [0.05, 0.1) is 18.8 Å². The average molecular weight is 319 g/mol. The molecule has 0 spiro atoms. The molecule has 0 amide bonds. The number of likely N-dealkylation sites (N-methyl/N-ethyl adjacent to an activating group) is 1. The molecule has 3 atom stereocenters. The van der Waals surface area contributed by atoms with Crippen LogP contribution in [0.2, 0.25) is 0 Å². The van der Waals surface area contributed by atoms with E-state index in [0.29, 0.717) is 24.2 Å². The van der Waals surface area contributed by atoms with E-state index in [9.17, 15) is 9.18 Å². The summed E-state index contributed by atoms with van der Waals surface area (Å²) in [6.07, 6.45) is 4.22. The Bertz CT molecular complexity index is 733. The third kappa shape index (κ3) is 2.49. The minimum atomic E-state index is -0.618. The van der Waals surface area contributed by atoms with Crippen molar-refractivity contribution in [3.05, 3.63) is 30.0 Å². The van der Waals surface area contributed by atoms with E-state index in [4.69, 9.17) is 9.47 Å². The molecule has 0 aromatic carbocycles. The molecule has 4 rings (SSSR count). The second-order valence-electron chi connectivity index (χ2n) is 6.24. The Labute approximate surface area is 132 Å². The monoisotopic (exact) mass is 319 g/mol. The highest BCUT2D eigenvalue weighted by Crippen LogP contribution is 2.29. The summed E-state index contributed by atoms with van der Waals surface area (Å²) < 4.78 is 24.9. The van der Waals surface area contributed by atoms with Gasteiger partial charge in [0.25, 0.3) is 0 Å². The predicted octanol–water partition coefficient (Wildman–Crippen LogP) is 1.72. The Morgan fingerprint density at radius 1 is 1.43 bits per heavy atom. The van der Waals surface area contributed by atoms with Crippen LogP contribution in [0.3, 0.4) is 0 Å². The van der Waals surface area contributed by atoms with Crippen molar-refractivity contribution in [2.45, 2.75) is 31.0 Å². The second-order valence-corrected chi connectivity index (χ2v) is 6.24. The Morgan fingerprint density at radius 3 is 2.91 bits per heavy atom. The topological polar surface area (TPSA) is 67.5 Å². The number of nitrogens with one attached hydrogen (secondary N) is 1. The van der Waals surface area contributed by atoms with Crippen LogP contribution in [0, 0.1) is 5.95 Å². The Hall–Kier alpha value is -1.99. The van der Waals surface area contributed by atoms with Gasteiger partial charge in [-0.3, -0.25) is 4.90 Å². The number of aromatic amines is 1. The summed E-state index contributed by atoms with van der Waals surface area (Å²) in [6, 6.07) is 2.18. The molecule has 2 aliphatic heterocycles. The molecule has 2 aliphatic rings. The van der Waals surface area contributed by atoms with E-state index in [2.05, 4.69) is 21.9 Å². The number of nitrogens with zero attached hydrogens (tertiary/aromatic N) is 2. The molecule has 4 heterocycles. The van der Waals surface area contributed by atoms with Crippen molar-refractivity contribution in [2.24, 2.45) is 0 Å². The van der Waals surface area contributed by atoms with Gasteiger partial charge in [-0.2, -0.15) is 4.39 Å². The van der Waals surface area contributed by atoms with Crippen LogP contribution >= 0.6 is 0 Å². The molecule has 122 valence electrons. The molecule has 1 N–H and O–H groups in total. The van der Waals surface area contributed by atoms with Gasteiger partial charge in [-0.25, -0.2) is 9.78 Å². The van der Waals surface area contributed by atoms with Crippen molar-refractivity contribution in [1.29, 1.82) is 0 Å². The lowest BCUT2D eigenvalue weighted by atomic mass is 9.92. The molecule has 2 aromatic rings. The molecule has 23 heavy (non-hydrogen) atoms. The maximum absolute atomic E-state index is 13.6. The van der Waals surface area contributed by atoms with Gasteiger partial charge in [0.15, 0.2) is 0 Å². The lowest BCUT2D eigenvalue weighted by Gasteiger charge is -2.46. The minimum Gasteiger partial charge on any atom is -0.459 e. The Morgan fingerprint density at radius 2 is 2.17 bits per heavy atom. The maximum atomic E-state index is 13.6. The highest BCUT2D eigenvalue weighted by atomic mass is 19.1. The van der Waals surface area contributed by atoms with Crippen LogP contribution in [0.1, 0.15) is 23.2 Å². The lowest BCUT2D eigenvalue weighted by Crippen LogP contribution is -2.56. The SMILES string of the molecule is CN1[C@@H]2COC[C@H]1CC(OC(=O)c1c[nH]c3c(F)nccc13)C2. The number of carbonyl (C=O) groups excluding carboxylic acids is 1. The Balaban J connectivity index is 1.52. The minimum absolute atomic E-state index is 0.130. The summed E-state index contributed by atoms with van der Waals surface area (Å²) in [5, 5.41) is 0.499. The van der Waals surface area contributed by atoms with Crippen molar-refractivity contribution >= 4 is 16.9 Å². The van der Waals surface area contributed by atoms with Crippen LogP contribution in [0.4, 0.5) is 4.39 Å². The average Bonchev–Trinajstić information content (AvgIpc) is 2.94. The fourth-order valence-corrected chi connectivity index (χ4v) is 3.55. The first-order valence-electron chi connectivity index (χ1n) is 7.75. The summed E-state index contributed by atoms with van der Waals surface area (Å²) in [4.78, 5) is 21.1. The summed E-state index contributed by atoms with van der Waals surface area (Å²) in [6.45, 7) is 1.34. The van der Waals surface area contributed by atoms with Crippen molar-refractivity contribution in [3.8, 4) is 0 Å². The maximum Gasteiger partial charge on any atom is 0.340 e. The van der Waals surface area contributed by atoms with E-state index in [1.54, 1.807) is 6.07 Å². The zero-order valence-electron chi connectivity index (χ0n) is 12.8. The normalized spacial score (nSPS) is 28.0. The number of ether oxygens (including phenoxy) is 2. The molecule has 2 aromatic heterocycles. The van der Waals surface area contributed by atoms with Gasteiger partial charge in [-0.15, -0.1) is 0 Å². The number of rotatable bonds is 2. The van der Waals surface area contributed by atoms with Crippen LogP contribution in [-0.2, 0) is 9.47 Å². The van der Waals surface area contributed by atoms with Gasteiger partial charge in [-0.05, 0) is 13.1 Å². The Kier molecular flexibility index (Phi) is 3.54. The summed E-state index contributed by atoms with van der Waals surface area (Å²) in [5.41, 5.74) is 0.578. The standard InChI is InChI=1S/C16H18FN3O3/c1-20-9-4-11(5-10(20)8-22-7-9)23-16(21)13-6-19-14-12(13)2-3-18-15(14)17/h2-3,6,9-11,19H,4-5,7-8H2,1H3/t9-,10+,11?. The number of hydrogen-bond acceptors (Lipinski definition) is 5. The number of pyridine rings is 1. The molecular formula is C16H18FN3O3. The quantitative estimate of drug-likeness (QED) is 0.674. The van der Waals surface area contributed by atoms with Crippen molar-refractivity contribution in [3.63, 3.8) is 0 Å². The van der Waals surface area contributed by atoms with Gasteiger partial charge >= 0.3 is 5.97 Å². The zero-order chi connectivity index (χ0) is 16.0. The van der Waals surface area contributed by atoms with Crippen molar-refractivity contribution in [1.82, 2.24) is 14.9 Å². The molecule has 2 saturated heterocycles. The smallest absolute Gasteiger partial charge is 0.340 e. The van der Waals surface area contributed by atoms with Gasteiger partial charge in [0.1, 0.15) is 11.6 Å². The molecule has 0 radical (unpaired) electrons. The number of piperidine rings is 1. The van der Waals surface area contributed by atoms with E-state index in [1.807, 2.05) is 0 Å². The number of morpholine rings is 1. The van der Waals surface area contributed by atoms with Crippen molar-refractivity contribution in [2.75, 3.05) is 20.3 Å². The largest absolute Gasteiger partial charge is 0.459 e. The van der Waals surface area contributed by atoms with E-state index < -0.39 is 11.9 Å². The lowest BCUT2D eigenvalue weighted by molar-refractivity contribution is -0.0970. The third-order valence-electron chi connectivity index (χ3n) is 4.89. The number of esters is 1. The van der Waals surface area contributed by atoms with Crippen LogP contribution in [0.25, 0.3) is 10.9 Å². The number of halogens is 1. The number of aromatic nitrogens is 2. The van der Waals surface area contributed by atoms with Crippen LogP contribution in [0.15, 0.2) is 18.5 Å². The molecule has 0 aliphatic carbocycles. The second kappa shape index (κ2) is 5.58. The molecular weight excluding hydrogens is 301 g/mol. The van der Waals surface area contributed by atoms with E-state index >= 15 is 0 Å². The molecule has 6 nitrogen and oxygen atoms in total. The van der Waals surface area contributed by atoms with Crippen LogP contribution in [0.5, 0.6) is 0 Å². The first kappa shape index (κ1) is 14.6. The molecule has 2 bridgehead atoms. The van der Waals surface area contributed by atoms with E-state index in [1.165, 1.54) is 12.4 Å². The zero-order valence-corrected chi connectivity index (χ0v) is 12.8. The number of H-pyrrole nitrogens is 1. The fourth-order valence-electron chi connectivity index (χ4n) is 3.55.